The van der Waals surface area contributed by atoms with Gasteiger partial charge in [-0.2, -0.15) is 0 Å². The number of nitrogens with zero attached hydrogens (tertiary/aromatic N) is 1. The van der Waals surface area contributed by atoms with Gasteiger partial charge in [0.15, 0.2) is 0 Å². The molecule has 0 bridgehead atoms. The standard InChI is InChI=1S/C18H20ClNO4/c1-10-7-8-14(19)15(9-10)24-18(23)11(2)20-16(21)12-5-3-4-6-13(12)17(20)22/h7-9,11-13H,3-6H2,1-2H3. The van der Waals surface area contributed by atoms with Gasteiger partial charge < -0.3 is 4.74 Å². The highest BCUT2D eigenvalue weighted by Gasteiger charge is 2.51. The van der Waals surface area contributed by atoms with Crippen LogP contribution in [0.3, 0.4) is 0 Å². The van der Waals surface area contributed by atoms with Gasteiger partial charge in [0.05, 0.1) is 16.9 Å². The maximum Gasteiger partial charge on any atom is 0.334 e. The predicted molar refractivity (Wildman–Crippen MR) is 88.6 cm³/mol. The van der Waals surface area contributed by atoms with E-state index in [0.29, 0.717) is 5.02 Å². The third-order valence-electron chi connectivity index (χ3n) is 4.90. The van der Waals surface area contributed by atoms with E-state index in [1.165, 1.54) is 6.92 Å². The number of amides is 2. The van der Waals surface area contributed by atoms with Crippen molar-refractivity contribution in [3.05, 3.63) is 28.8 Å². The molecule has 0 spiro atoms. The molecule has 2 aliphatic rings. The van der Waals surface area contributed by atoms with Crippen LogP contribution < -0.4 is 4.74 Å². The first-order chi connectivity index (χ1) is 11.4. The molecular formula is C18H20ClNO4. The van der Waals surface area contributed by atoms with Crippen LogP contribution in [0.25, 0.3) is 0 Å². The molecule has 0 radical (unpaired) electrons. The van der Waals surface area contributed by atoms with Gasteiger partial charge in [-0.25, -0.2) is 4.79 Å². The molecule has 1 aromatic rings. The minimum atomic E-state index is -0.952. The number of hydrogen-bond acceptors (Lipinski definition) is 4. The lowest BCUT2D eigenvalue weighted by Crippen LogP contribution is -2.45. The van der Waals surface area contributed by atoms with Crippen molar-refractivity contribution in [2.45, 2.75) is 45.6 Å². The molecule has 0 N–H and O–H groups in total. The molecule has 1 aliphatic carbocycles. The molecule has 1 saturated carbocycles. The first-order valence-corrected chi connectivity index (χ1v) is 8.62. The summed E-state index contributed by atoms with van der Waals surface area (Å²) in [7, 11) is 0. The van der Waals surface area contributed by atoms with Gasteiger partial charge in [-0.1, -0.05) is 30.5 Å². The Labute approximate surface area is 145 Å². The number of fused-ring (bicyclic) bond motifs is 1. The van der Waals surface area contributed by atoms with E-state index < -0.39 is 12.0 Å². The Balaban J connectivity index is 1.77. The first-order valence-electron chi connectivity index (χ1n) is 8.25. The van der Waals surface area contributed by atoms with Gasteiger partial charge in [-0.05, 0) is 44.4 Å². The van der Waals surface area contributed by atoms with Crippen LogP contribution in [0.5, 0.6) is 5.75 Å². The van der Waals surface area contributed by atoms with Gasteiger partial charge in [0.25, 0.3) is 0 Å². The third-order valence-corrected chi connectivity index (χ3v) is 5.21. The van der Waals surface area contributed by atoms with Gasteiger partial charge in [-0.15, -0.1) is 0 Å². The number of halogens is 1. The Hall–Kier alpha value is -1.88. The number of imide groups is 1. The number of ether oxygens (including phenoxy) is 1. The monoisotopic (exact) mass is 349 g/mol. The SMILES string of the molecule is Cc1ccc(Cl)c(OC(=O)C(C)N2C(=O)C3CCCCC3C2=O)c1. The summed E-state index contributed by atoms with van der Waals surface area (Å²) in [6.07, 6.45) is 3.34. The smallest absolute Gasteiger partial charge is 0.334 e. The lowest BCUT2D eigenvalue weighted by Gasteiger charge is -2.21. The van der Waals surface area contributed by atoms with Crippen molar-refractivity contribution in [1.29, 1.82) is 0 Å². The summed E-state index contributed by atoms with van der Waals surface area (Å²) in [5.74, 6) is -1.45. The molecule has 6 heteroatoms. The average molecular weight is 350 g/mol. The van der Waals surface area contributed by atoms with Gasteiger partial charge in [0.1, 0.15) is 11.8 Å². The van der Waals surface area contributed by atoms with Crippen molar-refractivity contribution in [2.24, 2.45) is 11.8 Å². The summed E-state index contributed by atoms with van der Waals surface area (Å²) in [4.78, 5) is 38.6. The minimum Gasteiger partial charge on any atom is -0.423 e. The number of benzene rings is 1. The lowest BCUT2D eigenvalue weighted by molar-refractivity contribution is -0.152. The minimum absolute atomic E-state index is 0.241. The van der Waals surface area contributed by atoms with Crippen LogP contribution >= 0.6 is 11.6 Å². The largest absolute Gasteiger partial charge is 0.423 e. The van der Waals surface area contributed by atoms with Crippen molar-refractivity contribution >= 4 is 29.4 Å². The zero-order chi connectivity index (χ0) is 17.4. The molecule has 128 valence electrons. The number of rotatable bonds is 3. The van der Waals surface area contributed by atoms with Crippen LogP contribution in [-0.2, 0) is 14.4 Å². The fourth-order valence-corrected chi connectivity index (χ4v) is 3.71. The van der Waals surface area contributed by atoms with E-state index in [4.69, 9.17) is 16.3 Å². The number of carbonyl (C=O) groups excluding carboxylic acids is 3. The molecule has 2 fully saturated rings. The van der Waals surface area contributed by atoms with E-state index >= 15 is 0 Å². The fraction of sp³-hybridized carbons (Fsp3) is 0.500. The molecule has 0 aromatic heterocycles. The van der Waals surface area contributed by atoms with E-state index in [9.17, 15) is 14.4 Å². The third kappa shape index (κ3) is 2.93. The zero-order valence-electron chi connectivity index (χ0n) is 13.8. The number of likely N-dealkylation sites (tertiary alicyclic amines) is 1. The average Bonchev–Trinajstić information content (AvgIpc) is 2.82. The highest BCUT2D eigenvalue weighted by Crippen LogP contribution is 2.39. The molecule has 1 aliphatic heterocycles. The van der Waals surface area contributed by atoms with E-state index in [2.05, 4.69) is 0 Å². The quantitative estimate of drug-likeness (QED) is 0.478. The summed E-state index contributed by atoms with van der Waals surface area (Å²) in [5, 5.41) is 0.314. The van der Waals surface area contributed by atoms with Gasteiger partial charge >= 0.3 is 5.97 Å². The van der Waals surface area contributed by atoms with Crippen molar-refractivity contribution in [2.75, 3.05) is 0 Å². The maximum atomic E-state index is 12.5. The van der Waals surface area contributed by atoms with Gasteiger partial charge in [0, 0.05) is 0 Å². The molecule has 3 atom stereocenters. The molecule has 5 nitrogen and oxygen atoms in total. The number of esters is 1. The summed E-state index contributed by atoms with van der Waals surface area (Å²) in [6, 6.07) is 4.15. The van der Waals surface area contributed by atoms with Gasteiger partial charge in [0.2, 0.25) is 11.8 Å². The van der Waals surface area contributed by atoms with E-state index in [1.807, 2.05) is 6.92 Å². The maximum absolute atomic E-state index is 12.5. The zero-order valence-corrected chi connectivity index (χ0v) is 14.5. The van der Waals surface area contributed by atoms with Gasteiger partial charge in [-0.3, -0.25) is 14.5 Å². The molecule has 2 amide bonds. The second-order valence-corrected chi connectivity index (χ2v) is 6.98. The normalized spacial score (nSPS) is 24.7. The van der Waals surface area contributed by atoms with Crippen molar-refractivity contribution < 1.29 is 19.1 Å². The van der Waals surface area contributed by atoms with Crippen LogP contribution in [-0.4, -0.2) is 28.7 Å². The summed E-state index contributed by atoms with van der Waals surface area (Å²) < 4.78 is 5.33. The van der Waals surface area contributed by atoms with E-state index in [0.717, 1.165) is 36.1 Å². The highest BCUT2D eigenvalue weighted by molar-refractivity contribution is 6.32. The van der Waals surface area contributed by atoms with Crippen molar-refractivity contribution in [3.63, 3.8) is 0 Å². The van der Waals surface area contributed by atoms with Crippen LogP contribution in [0.2, 0.25) is 5.02 Å². The Kier molecular flexibility index (Phi) is 4.63. The Morgan fingerprint density at radius 2 is 1.79 bits per heavy atom. The predicted octanol–water partition coefficient (Wildman–Crippen LogP) is 3.12. The van der Waals surface area contributed by atoms with E-state index in [-0.39, 0.29) is 29.4 Å². The van der Waals surface area contributed by atoms with Crippen molar-refractivity contribution in [3.8, 4) is 5.75 Å². The Morgan fingerprint density at radius 1 is 1.21 bits per heavy atom. The number of carbonyl (C=O) groups is 3. The Bertz CT molecular complexity index is 678. The van der Waals surface area contributed by atoms with E-state index in [1.54, 1.807) is 18.2 Å². The second-order valence-electron chi connectivity index (χ2n) is 6.57. The van der Waals surface area contributed by atoms with Crippen LogP contribution in [0.15, 0.2) is 18.2 Å². The molecule has 3 rings (SSSR count). The molecule has 1 aromatic carbocycles. The Morgan fingerprint density at radius 3 is 2.38 bits per heavy atom. The molecule has 3 unspecified atom stereocenters. The van der Waals surface area contributed by atoms with Crippen LogP contribution in [0.1, 0.15) is 38.2 Å². The summed E-state index contributed by atoms with van der Waals surface area (Å²) >= 11 is 6.04. The second kappa shape index (κ2) is 6.55. The number of aryl methyl sites for hydroxylation is 1. The van der Waals surface area contributed by atoms with Crippen LogP contribution in [0, 0.1) is 18.8 Å². The van der Waals surface area contributed by atoms with Crippen LogP contribution in [0.4, 0.5) is 0 Å². The molecule has 24 heavy (non-hydrogen) atoms. The summed E-state index contributed by atoms with van der Waals surface area (Å²) in [5.41, 5.74) is 0.897. The lowest BCUT2D eigenvalue weighted by atomic mass is 9.81. The molecule has 1 heterocycles. The summed E-state index contributed by atoms with van der Waals surface area (Å²) in [6.45, 7) is 3.38. The molecular weight excluding hydrogens is 330 g/mol. The highest BCUT2D eigenvalue weighted by atomic mass is 35.5. The topological polar surface area (TPSA) is 63.7 Å². The molecule has 1 saturated heterocycles. The first kappa shape index (κ1) is 17.0. The fourth-order valence-electron chi connectivity index (χ4n) is 3.56. The van der Waals surface area contributed by atoms with Crippen molar-refractivity contribution in [1.82, 2.24) is 4.90 Å². The number of hydrogen-bond donors (Lipinski definition) is 0.